The average Bonchev–Trinajstić information content (AvgIpc) is 2.75. The predicted molar refractivity (Wildman–Crippen MR) is 75.8 cm³/mol. The molecule has 0 saturated carbocycles. The molecule has 1 heterocycles. The molecule has 0 fully saturated rings. The van der Waals surface area contributed by atoms with Gasteiger partial charge >= 0.3 is 0 Å². The minimum Gasteiger partial charge on any atom is -0.377 e. The van der Waals surface area contributed by atoms with Crippen molar-refractivity contribution in [2.75, 3.05) is 13.2 Å². The first-order valence-electron chi connectivity index (χ1n) is 6.62. The van der Waals surface area contributed by atoms with E-state index >= 15 is 0 Å². The highest BCUT2D eigenvalue weighted by Crippen LogP contribution is 2.26. The summed E-state index contributed by atoms with van der Waals surface area (Å²) in [6.07, 6.45) is 2.48. The zero-order valence-corrected chi connectivity index (χ0v) is 12.3. The third-order valence-electron chi connectivity index (χ3n) is 2.88. The number of hydrogen-bond acceptors (Lipinski definition) is 3. The second kappa shape index (κ2) is 7.85. The Balaban J connectivity index is 2.77. The Hall–Kier alpha value is -0.380. The molecule has 0 saturated heterocycles. The summed E-state index contributed by atoms with van der Waals surface area (Å²) < 4.78 is 5.86. The number of thiophene rings is 1. The van der Waals surface area contributed by atoms with Gasteiger partial charge in [0.2, 0.25) is 0 Å². The van der Waals surface area contributed by atoms with E-state index in [1.165, 1.54) is 10.4 Å². The van der Waals surface area contributed by atoms with Crippen LogP contribution in [0.5, 0.6) is 0 Å². The van der Waals surface area contributed by atoms with Gasteiger partial charge in [-0.3, -0.25) is 0 Å². The topological polar surface area (TPSA) is 21.3 Å². The van der Waals surface area contributed by atoms with Crippen LogP contribution in [-0.4, -0.2) is 19.3 Å². The van der Waals surface area contributed by atoms with Gasteiger partial charge in [-0.2, -0.15) is 0 Å². The van der Waals surface area contributed by atoms with Crippen molar-refractivity contribution in [3.05, 3.63) is 21.9 Å². The highest BCUT2D eigenvalue weighted by Gasteiger charge is 2.22. The summed E-state index contributed by atoms with van der Waals surface area (Å²) in [7, 11) is 0. The summed E-state index contributed by atoms with van der Waals surface area (Å²) in [6, 6.07) is 2.62. The zero-order chi connectivity index (χ0) is 12.7. The van der Waals surface area contributed by atoms with Crippen molar-refractivity contribution >= 4 is 11.3 Å². The van der Waals surface area contributed by atoms with Gasteiger partial charge in [0, 0.05) is 11.5 Å². The van der Waals surface area contributed by atoms with Gasteiger partial charge in [0.25, 0.3) is 0 Å². The van der Waals surface area contributed by atoms with Gasteiger partial charge in [-0.25, -0.2) is 0 Å². The van der Waals surface area contributed by atoms with Gasteiger partial charge in [-0.05, 0) is 50.2 Å². The largest absolute Gasteiger partial charge is 0.377 e. The number of nitrogens with one attached hydrogen (secondary N) is 1. The lowest BCUT2D eigenvalue weighted by Crippen LogP contribution is -2.33. The van der Waals surface area contributed by atoms with E-state index < -0.39 is 0 Å². The molecule has 0 aromatic carbocycles. The van der Waals surface area contributed by atoms with E-state index in [2.05, 4.69) is 44.5 Å². The monoisotopic (exact) mass is 255 g/mol. The van der Waals surface area contributed by atoms with Crippen molar-refractivity contribution in [1.82, 2.24) is 5.32 Å². The number of aryl methyl sites for hydroxylation is 1. The maximum atomic E-state index is 5.86. The fourth-order valence-electron chi connectivity index (χ4n) is 2.05. The van der Waals surface area contributed by atoms with E-state index in [4.69, 9.17) is 4.74 Å². The summed E-state index contributed by atoms with van der Waals surface area (Å²) in [5.74, 6) is 0. The summed E-state index contributed by atoms with van der Waals surface area (Å²) in [6.45, 7) is 10.4. The van der Waals surface area contributed by atoms with Crippen molar-refractivity contribution in [1.29, 1.82) is 0 Å². The Kier molecular flexibility index (Phi) is 6.78. The first kappa shape index (κ1) is 14.7. The Labute approximate surface area is 109 Å². The lowest BCUT2D eigenvalue weighted by atomic mass is 10.0. The lowest BCUT2D eigenvalue weighted by Gasteiger charge is -2.26. The molecule has 0 amide bonds. The van der Waals surface area contributed by atoms with Gasteiger partial charge in [0.15, 0.2) is 0 Å². The van der Waals surface area contributed by atoms with Crippen molar-refractivity contribution < 1.29 is 4.74 Å². The van der Waals surface area contributed by atoms with Gasteiger partial charge in [-0.15, -0.1) is 11.3 Å². The normalized spacial score (nSPS) is 14.8. The minimum absolute atomic E-state index is 0.278. The number of rotatable bonds is 8. The summed E-state index contributed by atoms with van der Waals surface area (Å²) in [4.78, 5) is 1.37. The molecule has 2 unspecified atom stereocenters. The molecule has 17 heavy (non-hydrogen) atoms. The Morgan fingerprint density at radius 3 is 2.59 bits per heavy atom. The molecule has 0 aliphatic heterocycles. The second-order valence-corrected chi connectivity index (χ2v) is 5.44. The van der Waals surface area contributed by atoms with E-state index in [9.17, 15) is 0 Å². The molecule has 98 valence electrons. The van der Waals surface area contributed by atoms with Crippen LogP contribution in [0.3, 0.4) is 0 Å². The molecule has 0 radical (unpaired) electrons. The first-order valence-corrected chi connectivity index (χ1v) is 7.50. The highest BCUT2D eigenvalue weighted by molar-refractivity contribution is 7.10. The maximum absolute atomic E-state index is 5.86. The van der Waals surface area contributed by atoms with Crippen LogP contribution in [-0.2, 0) is 4.74 Å². The molecule has 3 heteroatoms. The van der Waals surface area contributed by atoms with Crippen molar-refractivity contribution in [3.8, 4) is 0 Å². The van der Waals surface area contributed by atoms with Crippen molar-refractivity contribution in [2.45, 2.75) is 52.7 Å². The molecular weight excluding hydrogens is 230 g/mol. The number of ether oxygens (including phenoxy) is 1. The fraction of sp³-hybridized carbons (Fsp3) is 0.714. The van der Waals surface area contributed by atoms with Crippen LogP contribution in [0, 0.1) is 6.92 Å². The van der Waals surface area contributed by atoms with E-state index in [-0.39, 0.29) is 6.10 Å². The van der Waals surface area contributed by atoms with Crippen molar-refractivity contribution in [2.24, 2.45) is 0 Å². The van der Waals surface area contributed by atoms with Crippen LogP contribution in [0.15, 0.2) is 11.4 Å². The Morgan fingerprint density at radius 2 is 2.12 bits per heavy atom. The van der Waals surface area contributed by atoms with Crippen LogP contribution >= 0.6 is 11.3 Å². The summed E-state index contributed by atoms with van der Waals surface area (Å²) in [5, 5.41) is 5.87. The molecule has 0 aliphatic rings. The van der Waals surface area contributed by atoms with Gasteiger partial charge < -0.3 is 10.1 Å². The third-order valence-corrected chi connectivity index (χ3v) is 3.76. The molecule has 2 atom stereocenters. The molecule has 0 spiro atoms. The second-order valence-electron chi connectivity index (χ2n) is 4.32. The smallest absolute Gasteiger partial charge is 0.0767 e. The van der Waals surface area contributed by atoms with Crippen LogP contribution in [0.25, 0.3) is 0 Å². The molecule has 0 aliphatic carbocycles. The van der Waals surface area contributed by atoms with Crippen LogP contribution < -0.4 is 5.32 Å². The van der Waals surface area contributed by atoms with E-state index in [0.717, 1.165) is 26.0 Å². The van der Waals surface area contributed by atoms with E-state index in [1.54, 1.807) is 0 Å². The SMILES string of the molecule is CCCNC(c1csc(C)c1)C(CC)OCC. The Morgan fingerprint density at radius 1 is 1.35 bits per heavy atom. The zero-order valence-electron chi connectivity index (χ0n) is 11.5. The quantitative estimate of drug-likeness (QED) is 0.760. The van der Waals surface area contributed by atoms with Gasteiger partial charge in [0.05, 0.1) is 12.1 Å². The number of hydrogen-bond donors (Lipinski definition) is 1. The standard InChI is InChI=1S/C14H25NOS/c1-5-8-15-14(13(6-2)16-7-3)12-9-11(4)17-10-12/h9-10,13-15H,5-8H2,1-4H3. The molecule has 2 nitrogen and oxygen atoms in total. The minimum atomic E-state index is 0.278. The summed E-state index contributed by atoms with van der Waals surface area (Å²) >= 11 is 1.82. The average molecular weight is 255 g/mol. The lowest BCUT2D eigenvalue weighted by molar-refractivity contribution is 0.0315. The molecule has 1 N–H and O–H groups in total. The van der Waals surface area contributed by atoms with Crippen LogP contribution in [0.1, 0.15) is 50.1 Å². The highest BCUT2D eigenvalue weighted by atomic mass is 32.1. The van der Waals surface area contributed by atoms with E-state index in [0.29, 0.717) is 6.04 Å². The maximum Gasteiger partial charge on any atom is 0.0767 e. The molecule has 0 bridgehead atoms. The van der Waals surface area contributed by atoms with Crippen molar-refractivity contribution in [3.63, 3.8) is 0 Å². The molecule has 1 aromatic rings. The molecule has 1 rings (SSSR count). The third kappa shape index (κ3) is 4.41. The fourth-order valence-corrected chi connectivity index (χ4v) is 2.80. The Bertz CT molecular complexity index is 311. The first-order chi connectivity index (χ1) is 8.22. The molecule has 1 aromatic heterocycles. The van der Waals surface area contributed by atoms with Gasteiger partial charge in [-0.1, -0.05) is 13.8 Å². The van der Waals surface area contributed by atoms with Crippen LogP contribution in [0.4, 0.5) is 0 Å². The summed E-state index contributed by atoms with van der Waals surface area (Å²) in [5.41, 5.74) is 1.38. The van der Waals surface area contributed by atoms with Crippen LogP contribution in [0.2, 0.25) is 0 Å². The van der Waals surface area contributed by atoms with E-state index in [1.807, 2.05) is 11.3 Å². The predicted octanol–water partition coefficient (Wildman–Crippen LogP) is 3.91. The van der Waals surface area contributed by atoms with Gasteiger partial charge in [0.1, 0.15) is 0 Å². The molecular formula is C14H25NOS.